The number of ether oxygens (including phenoxy) is 1. The molecular weight excluding hydrogens is 354 g/mol. The van der Waals surface area contributed by atoms with Crippen LogP contribution < -0.4 is 10.1 Å². The van der Waals surface area contributed by atoms with E-state index in [0.717, 1.165) is 66.8 Å². The molecule has 2 aliphatic rings. The van der Waals surface area contributed by atoms with E-state index in [1.54, 1.807) is 6.20 Å². The van der Waals surface area contributed by atoms with Crippen molar-refractivity contribution in [2.45, 2.75) is 70.9 Å². The van der Waals surface area contributed by atoms with Crippen LogP contribution in [0.3, 0.4) is 0 Å². The fraction of sp³-hybridized carbons (Fsp3) is 0.500. The third-order valence-corrected chi connectivity index (χ3v) is 5.93. The molecule has 2 aliphatic carbocycles. The van der Waals surface area contributed by atoms with Crippen LogP contribution in [0.1, 0.15) is 76.3 Å². The smallest absolute Gasteiger partial charge is 0.268 e. The van der Waals surface area contributed by atoms with Gasteiger partial charge in [0.1, 0.15) is 11.4 Å². The van der Waals surface area contributed by atoms with E-state index < -0.39 is 0 Å². The lowest BCUT2D eigenvalue weighted by Gasteiger charge is -2.29. The SMILES string of the molecule is Cc1ncccc1OC1CCC(NC(=O)c2[nH]c3c(c2C)C(=O)CCC3)CC1. The molecule has 0 spiro atoms. The number of nitrogens with zero attached hydrogens (tertiary/aromatic N) is 1. The molecule has 2 aromatic rings. The summed E-state index contributed by atoms with van der Waals surface area (Å²) >= 11 is 0. The largest absolute Gasteiger partial charge is 0.489 e. The zero-order valence-electron chi connectivity index (χ0n) is 16.5. The van der Waals surface area contributed by atoms with Gasteiger partial charge in [0.15, 0.2) is 5.78 Å². The minimum Gasteiger partial charge on any atom is -0.489 e. The lowest BCUT2D eigenvalue weighted by atomic mass is 9.92. The standard InChI is InChI=1S/C22H27N3O3/c1-13-20-17(5-3-6-18(20)26)25-21(13)22(27)24-15-8-10-16(11-9-15)28-19-7-4-12-23-14(19)2/h4,7,12,15-16,25H,3,5-6,8-11H2,1-2H3,(H,24,27). The van der Waals surface area contributed by atoms with E-state index in [-0.39, 0.29) is 23.8 Å². The second-order valence-electron chi connectivity index (χ2n) is 7.91. The normalized spacial score (nSPS) is 21.9. The highest BCUT2D eigenvalue weighted by atomic mass is 16.5. The number of aromatic nitrogens is 2. The van der Waals surface area contributed by atoms with Crippen LogP contribution in [0.2, 0.25) is 0 Å². The van der Waals surface area contributed by atoms with Crippen molar-refractivity contribution in [2.75, 3.05) is 0 Å². The maximum Gasteiger partial charge on any atom is 0.268 e. The van der Waals surface area contributed by atoms with Crippen LogP contribution >= 0.6 is 0 Å². The molecule has 0 bridgehead atoms. The number of aromatic amines is 1. The molecule has 4 rings (SSSR count). The molecule has 2 aromatic heterocycles. The Bertz CT molecular complexity index is 894. The summed E-state index contributed by atoms with van der Waals surface area (Å²) in [5.41, 5.74) is 3.90. The van der Waals surface area contributed by atoms with Crippen LogP contribution in [0, 0.1) is 13.8 Å². The number of aryl methyl sites for hydroxylation is 2. The number of ketones is 1. The summed E-state index contributed by atoms with van der Waals surface area (Å²) in [4.78, 5) is 32.4. The molecule has 0 aliphatic heterocycles. The topological polar surface area (TPSA) is 84.1 Å². The summed E-state index contributed by atoms with van der Waals surface area (Å²) in [5.74, 6) is 0.886. The van der Waals surface area contributed by atoms with Gasteiger partial charge in [-0.2, -0.15) is 0 Å². The first-order valence-electron chi connectivity index (χ1n) is 10.2. The van der Waals surface area contributed by atoms with E-state index in [9.17, 15) is 9.59 Å². The fourth-order valence-corrected chi connectivity index (χ4v) is 4.36. The van der Waals surface area contributed by atoms with E-state index >= 15 is 0 Å². The molecule has 6 heteroatoms. The number of nitrogens with one attached hydrogen (secondary N) is 2. The van der Waals surface area contributed by atoms with Crippen LogP contribution in [0.25, 0.3) is 0 Å². The number of amides is 1. The number of Topliss-reactive ketones (excluding diaryl/α,β-unsaturated/α-hetero) is 1. The Kier molecular flexibility index (Phi) is 5.20. The van der Waals surface area contributed by atoms with Gasteiger partial charge in [0.05, 0.1) is 11.8 Å². The van der Waals surface area contributed by atoms with Gasteiger partial charge in [-0.1, -0.05) is 0 Å². The van der Waals surface area contributed by atoms with Crippen LogP contribution in [-0.2, 0) is 6.42 Å². The summed E-state index contributed by atoms with van der Waals surface area (Å²) in [6.07, 6.45) is 7.76. The summed E-state index contributed by atoms with van der Waals surface area (Å²) in [6.45, 7) is 3.82. The number of hydrogen-bond acceptors (Lipinski definition) is 4. The molecule has 148 valence electrons. The Labute approximate surface area is 165 Å². The van der Waals surface area contributed by atoms with Gasteiger partial charge in [-0.25, -0.2) is 0 Å². The Morgan fingerprint density at radius 2 is 2.00 bits per heavy atom. The van der Waals surface area contributed by atoms with Crippen LogP contribution in [0.5, 0.6) is 5.75 Å². The van der Waals surface area contributed by atoms with Gasteiger partial charge >= 0.3 is 0 Å². The Morgan fingerprint density at radius 1 is 1.21 bits per heavy atom. The molecule has 1 amide bonds. The number of rotatable bonds is 4. The van der Waals surface area contributed by atoms with Crippen LogP contribution in [0.15, 0.2) is 18.3 Å². The van der Waals surface area contributed by atoms with Crippen LogP contribution in [-0.4, -0.2) is 33.8 Å². The zero-order valence-corrected chi connectivity index (χ0v) is 16.5. The van der Waals surface area contributed by atoms with Crippen molar-refractivity contribution in [3.8, 4) is 5.75 Å². The Morgan fingerprint density at radius 3 is 2.71 bits per heavy atom. The number of pyridine rings is 1. The lowest BCUT2D eigenvalue weighted by Crippen LogP contribution is -2.40. The summed E-state index contributed by atoms with van der Waals surface area (Å²) in [6, 6.07) is 3.97. The monoisotopic (exact) mass is 381 g/mol. The molecule has 0 unspecified atom stereocenters. The summed E-state index contributed by atoms with van der Waals surface area (Å²) < 4.78 is 6.09. The second kappa shape index (κ2) is 7.78. The average Bonchev–Trinajstić information content (AvgIpc) is 3.03. The summed E-state index contributed by atoms with van der Waals surface area (Å²) in [7, 11) is 0. The molecule has 0 atom stereocenters. The first-order valence-corrected chi connectivity index (χ1v) is 10.2. The third-order valence-electron chi connectivity index (χ3n) is 5.93. The van der Waals surface area contributed by atoms with E-state index in [1.165, 1.54) is 0 Å². The zero-order chi connectivity index (χ0) is 19.7. The molecule has 0 saturated heterocycles. The van der Waals surface area contributed by atoms with E-state index in [2.05, 4.69) is 15.3 Å². The molecule has 6 nitrogen and oxygen atoms in total. The second-order valence-corrected chi connectivity index (χ2v) is 7.91. The number of carbonyl (C=O) groups is 2. The van der Waals surface area contributed by atoms with Gasteiger partial charge in [-0.05, 0) is 70.1 Å². The first-order chi connectivity index (χ1) is 13.5. The minimum absolute atomic E-state index is 0.104. The van der Waals surface area contributed by atoms with Gasteiger partial charge in [0, 0.05) is 29.9 Å². The molecule has 0 radical (unpaired) electrons. The predicted octanol–water partition coefficient (Wildman–Crippen LogP) is 3.67. The van der Waals surface area contributed by atoms with E-state index in [1.807, 2.05) is 26.0 Å². The molecule has 2 N–H and O–H groups in total. The number of fused-ring (bicyclic) bond motifs is 1. The van der Waals surface area contributed by atoms with Crippen molar-refractivity contribution in [1.82, 2.24) is 15.3 Å². The highest BCUT2D eigenvalue weighted by Gasteiger charge is 2.29. The summed E-state index contributed by atoms with van der Waals surface area (Å²) in [5, 5.41) is 3.15. The van der Waals surface area contributed by atoms with Crippen molar-refractivity contribution in [3.05, 3.63) is 46.5 Å². The van der Waals surface area contributed by atoms with Crippen molar-refractivity contribution in [1.29, 1.82) is 0 Å². The predicted molar refractivity (Wildman–Crippen MR) is 106 cm³/mol. The molecule has 1 saturated carbocycles. The Balaban J connectivity index is 1.35. The Hall–Kier alpha value is -2.63. The number of hydrogen-bond donors (Lipinski definition) is 2. The van der Waals surface area contributed by atoms with Crippen molar-refractivity contribution >= 4 is 11.7 Å². The van der Waals surface area contributed by atoms with Crippen molar-refractivity contribution in [2.24, 2.45) is 0 Å². The first kappa shape index (κ1) is 18.7. The highest BCUT2D eigenvalue weighted by Crippen LogP contribution is 2.28. The van der Waals surface area contributed by atoms with Crippen molar-refractivity contribution in [3.63, 3.8) is 0 Å². The quantitative estimate of drug-likeness (QED) is 0.846. The average molecular weight is 381 g/mol. The molecule has 28 heavy (non-hydrogen) atoms. The molecule has 0 aromatic carbocycles. The van der Waals surface area contributed by atoms with Gasteiger partial charge in [0.25, 0.3) is 5.91 Å². The third kappa shape index (κ3) is 3.68. The van der Waals surface area contributed by atoms with Gasteiger partial charge in [-0.3, -0.25) is 14.6 Å². The molecular formula is C22H27N3O3. The maximum absolute atomic E-state index is 12.8. The highest BCUT2D eigenvalue weighted by molar-refractivity contribution is 6.04. The lowest BCUT2D eigenvalue weighted by molar-refractivity contribution is 0.0888. The van der Waals surface area contributed by atoms with E-state index in [0.29, 0.717) is 12.1 Å². The van der Waals surface area contributed by atoms with Gasteiger partial charge in [0.2, 0.25) is 0 Å². The number of H-pyrrole nitrogens is 1. The number of carbonyl (C=O) groups excluding carboxylic acids is 2. The minimum atomic E-state index is -0.104. The molecule has 2 heterocycles. The van der Waals surface area contributed by atoms with Gasteiger partial charge in [-0.15, -0.1) is 0 Å². The van der Waals surface area contributed by atoms with E-state index in [4.69, 9.17) is 4.74 Å². The molecule has 1 fully saturated rings. The van der Waals surface area contributed by atoms with Crippen LogP contribution in [0.4, 0.5) is 0 Å². The maximum atomic E-state index is 12.8. The van der Waals surface area contributed by atoms with Crippen molar-refractivity contribution < 1.29 is 14.3 Å². The fourth-order valence-electron chi connectivity index (χ4n) is 4.36. The van der Waals surface area contributed by atoms with Gasteiger partial charge < -0.3 is 15.0 Å².